The number of H-pyrrole nitrogens is 1. The highest BCUT2D eigenvalue weighted by Gasteiger charge is 2.01. The number of hydrogen-bond donors (Lipinski definition) is 3. The summed E-state index contributed by atoms with van der Waals surface area (Å²) in [5.41, 5.74) is 10.5. The van der Waals surface area contributed by atoms with Gasteiger partial charge in [0.25, 0.3) is 0 Å². The van der Waals surface area contributed by atoms with E-state index in [2.05, 4.69) is 30.8 Å². The van der Waals surface area contributed by atoms with Crippen LogP contribution in [0.4, 0.5) is 4.79 Å². The van der Waals surface area contributed by atoms with Crippen LogP contribution in [-0.2, 0) is 0 Å². The number of nitrogens with zero attached hydrogens (tertiary/aromatic N) is 2. The number of benzene rings is 2. The van der Waals surface area contributed by atoms with Crippen LogP contribution in [0.2, 0.25) is 0 Å². The van der Waals surface area contributed by atoms with Gasteiger partial charge in [-0.15, -0.1) is 0 Å². The molecule has 0 unspecified atom stereocenters. The van der Waals surface area contributed by atoms with E-state index >= 15 is 0 Å². The van der Waals surface area contributed by atoms with Gasteiger partial charge in [0.2, 0.25) is 0 Å². The Balaban J connectivity index is 0.000000201. The van der Waals surface area contributed by atoms with Gasteiger partial charge < -0.3 is 15.9 Å². The third-order valence-corrected chi connectivity index (χ3v) is 2.97. The molecular weight excluding hydrogens is 334 g/mol. The predicted octanol–water partition coefficient (Wildman–Crippen LogP) is 2.29. The van der Waals surface area contributed by atoms with Crippen LogP contribution < -0.4 is 17.2 Å². The van der Waals surface area contributed by atoms with Gasteiger partial charge in [-0.3, -0.25) is 4.98 Å². The second-order valence-corrected chi connectivity index (χ2v) is 4.87. The fourth-order valence-corrected chi connectivity index (χ4v) is 1.93. The van der Waals surface area contributed by atoms with Crippen LogP contribution in [0.15, 0.2) is 82.5 Å². The molecule has 5 N–H and O–H groups in total. The highest BCUT2D eigenvalue weighted by atomic mass is 16.4. The second kappa shape index (κ2) is 9.38. The average molecular weight is 351 g/mol. The van der Waals surface area contributed by atoms with Gasteiger partial charge in [0.15, 0.2) is 5.82 Å². The SMILES string of the molecule is NC(N)=O.O=c1[nH]cco1.c1ccc(-c2ncc3ccccc3n2)cc1. The second-order valence-electron chi connectivity index (χ2n) is 4.87. The minimum Gasteiger partial charge on any atom is -0.417 e. The first kappa shape index (κ1) is 18.4. The lowest BCUT2D eigenvalue weighted by molar-refractivity contribution is 0.256. The van der Waals surface area contributed by atoms with E-state index < -0.39 is 11.8 Å². The summed E-state index contributed by atoms with van der Waals surface area (Å²) in [5.74, 6) is 0.370. The number of nitrogens with two attached hydrogens (primary N) is 2. The van der Waals surface area contributed by atoms with Gasteiger partial charge in [0.05, 0.1) is 5.52 Å². The highest BCUT2D eigenvalue weighted by Crippen LogP contribution is 2.17. The smallest absolute Gasteiger partial charge is 0.416 e. The van der Waals surface area contributed by atoms with Crippen molar-refractivity contribution in [2.24, 2.45) is 11.5 Å². The molecule has 26 heavy (non-hydrogen) atoms. The van der Waals surface area contributed by atoms with E-state index in [1.807, 2.05) is 60.8 Å². The zero-order valence-corrected chi connectivity index (χ0v) is 13.7. The number of aromatic amines is 1. The minimum atomic E-state index is -0.833. The molecule has 132 valence electrons. The standard InChI is InChI=1S/C14H10N2.C3H3NO2.CH4N2O/c1-2-6-11(7-3-1)14-15-10-12-8-4-5-9-13(12)16-14;5-3-4-1-2-6-3;2-1(3)4/h1-10H;1-2H,(H,4,5);(H4,2,3,4). The summed E-state index contributed by atoms with van der Waals surface area (Å²) in [7, 11) is 0. The molecule has 4 aromatic rings. The van der Waals surface area contributed by atoms with Crippen LogP contribution >= 0.6 is 0 Å². The molecular formula is C18H17N5O3. The van der Waals surface area contributed by atoms with Crippen molar-refractivity contribution in [2.45, 2.75) is 0 Å². The molecule has 0 saturated carbocycles. The van der Waals surface area contributed by atoms with E-state index in [0.29, 0.717) is 0 Å². The van der Waals surface area contributed by atoms with Crippen LogP contribution in [0.5, 0.6) is 0 Å². The zero-order valence-electron chi connectivity index (χ0n) is 13.7. The Morgan fingerprint density at radius 2 is 1.65 bits per heavy atom. The fourth-order valence-electron chi connectivity index (χ4n) is 1.93. The van der Waals surface area contributed by atoms with Gasteiger partial charge >= 0.3 is 11.8 Å². The van der Waals surface area contributed by atoms with Gasteiger partial charge in [-0.1, -0.05) is 48.5 Å². The van der Waals surface area contributed by atoms with E-state index in [4.69, 9.17) is 4.79 Å². The zero-order chi connectivity index (χ0) is 18.8. The van der Waals surface area contributed by atoms with Crippen LogP contribution in [0, 0.1) is 0 Å². The van der Waals surface area contributed by atoms with Crippen LogP contribution in [0.1, 0.15) is 0 Å². The first-order chi connectivity index (χ1) is 12.6. The van der Waals surface area contributed by atoms with Crippen molar-refractivity contribution in [3.05, 3.63) is 83.8 Å². The van der Waals surface area contributed by atoms with E-state index in [0.717, 1.165) is 22.3 Å². The number of urea groups is 1. The molecule has 2 heterocycles. The van der Waals surface area contributed by atoms with Crippen molar-refractivity contribution in [3.63, 3.8) is 0 Å². The maximum Gasteiger partial charge on any atom is 0.416 e. The van der Waals surface area contributed by atoms with E-state index in [-0.39, 0.29) is 0 Å². The topological polar surface area (TPSA) is 141 Å². The maximum absolute atomic E-state index is 9.85. The number of fused-ring (bicyclic) bond motifs is 1. The summed E-state index contributed by atoms with van der Waals surface area (Å²) in [6.07, 6.45) is 4.59. The number of rotatable bonds is 1. The lowest BCUT2D eigenvalue weighted by Crippen LogP contribution is -2.18. The number of para-hydroxylation sites is 1. The molecule has 2 amide bonds. The van der Waals surface area contributed by atoms with Gasteiger partial charge in [-0.2, -0.15) is 0 Å². The van der Waals surface area contributed by atoms with Gasteiger partial charge in [-0.05, 0) is 6.07 Å². The summed E-state index contributed by atoms with van der Waals surface area (Å²) in [6, 6.07) is 17.2. The fraction of sp³-hybridized carbons (Fsp3) is 0. The molecule has 4 rings (SSSR count). The number of primary amides is 2. The molecule has 0 radical (unpaired) electrons. The number of carbonyl (C=O) groups is 1. The molecule has 8 nitrogen and oxygen atoms in total. The Morgan fingerprint density at radius 1 is 1.00 bits per heavy atom. The summed E-state index contributed by atoms with van der Waals surface area (Å²) < 4.78 is 4.22. The summed E-state index contributed by atoms with van der Waals surface area (Å²) in [6.45, 7) is 0. The largest absolute Gasteiger partial charge is 0.417 e. The summed E-state index contributed by atoms with van der Waals surface area (Å²) in [4.78, 5) is 30.0. The molecule has 0 atom stereocenters. The number of nitrogens with one attached hydrogen (secondary N) is 1. The Morgan fingerprint density at radius 3 is 2.23 bits per heavy atom. The summed E-state index contributed by atoms with van der Waals surface area (Å²) >= 11 is 0. The lowest BCUT2D eigenvalue weighted by atomic mass is 10.2. The van der Waals surface area contributed by atoms with Gasteiger partial charge in [0.1, 0.15) is 6.26 Å². The molecule has 0 bridgehead atoms. The van der Waals surface area contributed by atoms with Crippen molar-refractivity contribution in [1.29, 1.82) is 0 Å². The first-order valence-electron chi connectivity index (χ1n) is 7.50. The van der Waals surface area contributed by atoms with Crippen LogP contribution in [-0.4, -0.2) is 21.0 Å². The Kier molecular flexibility index (Phi) is 6.64. The number of oxazole rings is 1. The monoisotopic (exact) mass is 351 g/mol. The molecule has 0 spiro atoms. The van der Waals surface area contributed by atoms with E-state index in [1.165, 1.54) is 12.5 Å². The van der Waals surface area contributed by atoms with E-state index in [1.54, 1.807) is 0 Å². The lowest BCUT2D eigenvalue weighted by Gasteiger charge is -2.01. The van der Waals surface area contributed by atoms with Gasteiger partial charge in [0, 0.05) is 23.3 Å². The van der Waals surface area contributed by atoms with Crippen LogP contribution in [0.3, 0.4) is 0 Å². The number of hydrogen-bond acceptors (Lipinski definition) is 5. The first-order valence-corrected chi connectivity index (χ1v) is 7.50. The number of aromatic nitrogens is 3. The summed E-state index contributed by atoms with van der Waals surface area (Å²) in [5, 5.41) is 1.07. The molecule has 2 aromatic heterocycles. The van der Waals surface area contributed by atoms with E-state index in [9.17, 15) is 4.79 Å². The third kappa shape index (κ3) is 5.93. The Bertz CT molecular complexity index is 991. The molecule has 0 aliphatic heterocycles. The van der Waals surface area contributed by atoms with Crippen molar-refractivity contribution in [2.75, 3.05) is 0 Å². The quantitative estimate of drug-likeness (QED) is 0.482. The van der Waals surface area contributed by atoms with Gasteiger partial charge in [-0.25, -0.2) is 19.6 Å². The van der Waals surface area contributed by atoms with Crippen molar-refractivity contribution in [3.8, 4) is 11.4 Å². The highest BCUT2D eigenvalue weighted by molar-refractivity contribution is 5.79. The Hall–Kier alpha value is -3.94. The number of carbonyl (C=O) groups excluding carboxylic acids is 1. The minimum absolute atomic E-state index is 0.407. The third-order valence-electron chi connectivity index (χ3n) is 2.97. The molecule has 0 fully saturated rings. The Labute approximate surface area is 148 Å². The molecule has 0 aliphatic rings. The molecule has 2 aromatic carbocycles. The number of amides is 2. The molecule has 0 saturated heterocycles. The average Bonchev–Trinajstić information content (AvgIpc) is 3.13. The van der Waals surface area contributed by atoms with Crippen molar-refractivity contribution < 1.29 is 9.21 Å². The van der Waals surface area contributed by atoms with Crippen molar-refractivity contribution >= 4 is 16.9 Å². The van der Waals surface area contributed by atoms with Crippen molar-refractivity contribution in [1.82, 2.24) is 15.0 Å². The molecule has 0 aliphatic carbocycles. The maximum atomic E-state index is 9.85. The predicted molar refractivity (Wildman–Crippen MR) is 98.1 cm³/mol. The normalized spacial score (nSPS) is 9.38. The van der Waals surface area contributed by atoms with Crippen LogP contribution in [0.25, 0.3) is 22.3 Å². The molecule has 8 heteroatoms.